The minimum Gasteiger partial charge on any atom is -0.471 e. The van der Waals surface area contributed by atoms with Gasteiger partial charge in [0.1, 0.15) is 12.7 Å². The molecule has 0 aromatic carbocycles. The van der Waals surface area contributed by atoms with Crippen molar-refractivity contribution >= 4 is 11.6 Å². The maximum atomic E-state index is 8.73. The summed E-state index contributed by atoms with van der Waals surface area (Å²) in [6.07, 6.45) is 5.81. The van der Waals surface area contributed by atoms with Crippen molar-refractivity contribution in [1.29, 1.82) is 5.26 Å². The number of nitriles is 1. The topological polar surface area (TPSA) is 58.8 Å². The van der Waals surface area contributed by atoms with Gasteiger partial charge in [0.25, 0.3) is 0 Å². The molecule has 0 fully saturated rings. The van der Waals surface area contributed by atoms with Crippen molar-refractivity contribution in [3.8, 4) is 11.9 Å². The number of fused-ring (bicyclic) bond motifs is 1. The zero-order valence-corrected chi connectivity index (χ0v) is 12.2. The van der Waals surface area contributed by atoms with Crippen molar-refractivity contribution in [1.82, 2.24) is 9.97 Å². The fourth-order valence-electron chi connectivity index (χ4n) is 2.43. The van der Waals surface area contributed by atoms with E-state index in [1.165, 1.54) is 12.6 Å². The van der Waals surface area contributed by atoms with E-state index in [2.05, 4.69) is 9.97 Å². The van der Waals surface area contributed by atoms with Gasteiger partial charge in [-0.15, -0.1) is 0 Å². The van der Waals surface area contributed by atoms with Gasteiger partial charge in [-0.2, -0.15) is 5.26 Å². The van der Waals surface area contributed by atoms with Crippen LogP contribution in [0.1, 0.15) is 35.4 Å². The van der Waals surface area contributed by atoms with E-state index in [-0.39, 0.29) is 0 Å². The van der Waals surface area contributed by atoms with Crippen LogP contribution in [0.15, 0.2) is 24.4 Å². The van der Waals surface area contributed by atoms with Crippen LogP contribution in [-0.4, -0.2) is 9.97 Å². The quantitative estimate of drug-likeness (QED) is 0.871. The second-order valence-electron chi connectivity index (χ2n) is 5.01. The number of hydrogen-bond donors (Lipinski definition) is 0. The second-order valence-corrected chi connectivity index (χ2v) is 5.42. The average Bonchev–Trinajstić information content (AvgIpc) is 2.53. The number of halogens is 1. The lowest BCUT2D eigenvalue weighted by atomic mass is 9.96. The van der Waals surface area contributed by atoms with E-state index in [4.69, 9.17) is 21.6 Å². The molecule has 0 bridgehead atoms. The molecule has 4 nitrogen and oxygen atoms in total. The standard InChI is InChI=1S/C16H14ClN3O/c17-14-7-16(20-15-4-2-1-3-13(14)15)21-10-12-6-5-11(8-18)9-19-12/h5-7,9H,1-4,10H2. The van der Waals surface area contributed by atoms with Crippen LogP contribution in [0.2, 0.25) is 5.02 Å². The molecule has 0 N–H and O–H groups in total. The Balaban J connectivity index is 1.73. The van der Waals surface area contributed by atoms with E-state index in [1.54, 1.807) is 18.2 Å². The number of aryl methyl sites for hydroxylation is 1. The van der Waals surface area contributed by atoms with E-state index in [0.717, 1.165) is 41.2 Å². The molecule has 3 rings (SSSR count). The van der Waals surface area contributed by atoms with Crippen LogP contribution in [-0.2, 0) is 19.4 Å². The van der Waals surface area contributed by atoms with Gasteiger partial charge in [-0.25, -0.2) is 4.98 Å². The number of nitrogens with zero attached hydrogens (tertiary/aromatic N) is 3. The molecule has 2 heterocycles. The van der Waals surface area contributed by atoms with Gasteiger partial charge >= 0.3 is 0 Å². The summed E-state index contributed by atoms with van der Waals surface area (Å²) in [5.74, 6) is 0.534. The summed E-state index contributed by atoms with van der Waals surface area (Å²) in [5.41, 5.74) is 3.50. The summed E-state index contributed by atoms with van der Waals surface area (Å²) in [5, 5.41) is 9.47. The number of ether oxygens (including phenoxy) is 1. The van der Waals surface area contributed by atoms with Gasteiger partial charge in [-0.3, -0.25) is 4.98 Å². The highest BCUT2D eigenvalue weighted by Gasteiger charge is 2.15. The Morgan fingerprint density at radius 3 is 2.90 bits per heavy atom. The molecule has 5 heteroatoms. The van der Waals surface area contributed by atoms with Crippen LogP contribution in [0.25, 0.3) is 0 Å². The van der Waals surface area contributed by atoms with Crippen LogP contribution < -0.4 is 4.74 Å². The SMILES string of the molecule is N#Cc1ccc(COc2cc(Cl)c3c(n2)CCCC3)nc1. The predicted octanol–water partition coefficient (Wildman–Crippen LogP) is 3.46. The fourth-order valence-corrected chi connectivity index (χ4v) is 2.73. The molecule has 1 aliphatic rings. The Morgan fingerprint density at radius 2 is 2.14 bits per heavy atom. The van der Waals surface area contributed by atoms with Gasteiger partial charge < -0.3 is 4.74 Å². The van der Waals surface area contributed by atoms with Crippen molar-refractivity contribution in [2.24, 2.45) is 0 Å². The van der Waals surface area contributed by atoms with Crippen molar-refractivity contribution in [2.75, 3.05) is 0 Å². The summed E-state index contributed by atoms with van der Waals surface area (Å²) < 4.78 is 5.67. The average molecular weight is 300 g/mol. The molecule has 2 aromatic rings. The Hall–Kier alpha value is -2.12. The summed E-state index contributed by atoms with van der Waals surface area (Å²) >= 11 is 6.30. The van der Waals surface area contributed by atoms with E-state index >= 15 is 0 Å². The van der Waals surface area contributed by atoms with Crippen LogP contribution in [0.4, 0.5) is 0 Å². The molecule has 21 heavy (non-hydrogen) atoms. The monoisotopic (exact) mass is 299 g/mol. The first kappa shape index (κ1) is 13.8. The first-order valence-corrected chi connectivity index (χ1v) is 7.30. The van der Waals surface area contributed by atoms with E-state index < -0.39 is 0 Å². The van der Waals surface area contributed by atoms with Gasteiger partial charge in [0, 0.05) is 18.0 Å². The summed E-state index contributed by atoms with van der Waals surface area (Å²) in [6, 6.07) is 7.31. The van der Waals surface area contributed by atoms with Crippen molar-refractivity contribution in [3.63, 3.8) is 0 Å². The molecule has 0 saturated carbocycles. The number of aromatic nitrogens is 2. The lowest BCUT2D eigenvalue weighted by molar-refractivity contribution is 0.288. The molecule has 2 aromatic heterocycles. The van der Waals surface area contributed by atoms with E-state index in [0.29, 0.717) is 18.1 Å². The first-order chi connectivity index (χ1) is 10.3. The van der Waals surface area contributed by atoms with E-state index in [1.807, 2.05) is 6.07 Å². The molecule has 0 aliphatic heterocycles. The smallest absolute Gasteiger partial charge is 0.215 e. The van der Waals surface area contributed by atoms with Gasteiger partial charge in [0.2, 0.25) is 5.88 Å². The Bertz CT molecular complexity index is 692. The molecule has 0 atom stereocenters. The van der Waals surface area contributed by atoms with Crippen LogP contribution >= 0.6 is 11.6 Å². The minimum absolute atomic E-state index is 0.313. The number of rotatable bonds is 3. The zero-order chi connectivity index (χ0) is 14.7. The first-order valence-electron chi connectivity index (χ1n) is 6.92. The van der Waals surface area contributed by atoms with Crippen LogP contribution in [0.5, 0.6) is 5.88 Å². The maximum Gasteiger partial charge on any atom is 0.215 e. The third-order valence-electron chi connectivity index (χ3n) is 3.54. The largest absolute Gasteiger partial charge is 0.471 e. The lowest BCUT2D eigenvalue weighted by Gasteiger charge is -2.17. The molecule has 0 saturated heterocycles. The zero-order valence-electron chi connectivity index (χ0n) is 11.5. The van der Waals surface area contributed by atoms with Gasteiger partial charge in [-0.1, -0.05) is 11.6 Å². The minimum atomic E-state index is 0.313. The fraction of sp³-hybridized carbons (Fsp3) is 0.312. The second kappa shape index (κ2) is 6.11. The molecule has 0 radical (unpaired) electrons. The van der Waals surface area contributed by atoms with Crippen molar-refractivity contribution in [3.05, 3.63) is 51.9 Å². The normalized spacial score (nSPS) is 13.3. The van der Waals surface area contributed by atoms with Crippen LogP contribution in [0, 0.1) is 11.3 Å². The summed E-state index contributed by atoms with van der Waals surface area (Å²) in [4.78, 5) is 8.70. The molecule has 0 amide bonds. The highest BCUT2D eigenvalue weighted by Crippen LogP contribution is 2.29. The maximum absolute atomic E-state index is 8.73. The third kappa shape index (κ3) is 3.14. The van der Waals surface area contributed by atoms with E-state index in [9.17, 15) is 0 Å². The van der Waals surface area contributed by atoms with Gasteiger partial charge in [0.15, 0.2) is 0 Å². The molecule has 0 unspecified atom stereocenters. The van der Waals surface area contributed by atoms with Gasteiger partial charge in [-0.05, 0) is 43.4 Å². The van der Waals surface area contributed by atoms with Crippen molar-refractivity contribution < 1.29 is 4.74 Å². The highest BCUT2D eigenvalue weighted by molar-refractivity contribution is 6.31. The Labute approximate surface area is 128 Å². The molecule has 0 spiro atoms. The molecule has 106 valence electrons. The Morgan fingerprint density at radius 1 is 1.29 bits per heavy atom. The molecule has 1 aliphatic carbocycles. The third-order valence-corrected chi connectivity index (χ3v) is 3.88. The molecular formula is C16H14ClN3O. The Kier molecular flexibility index (Phi) is 4.03. The summed E-state index contributed by atoms with van der Waals surface area (Å²) in [7, 11) is 0. The highest BCUT2D eigenvalue weighted by atomic mass is 35.5. The lowest BCUT2D eigenvalue weighted by Crippen LogP contribution is -2.08. The van der Waals surface area contributed by atoms with Crippen LogP contribution in [0.3, 0.4) is 0 Å². The number of hydrogen-bond acceptors (Lipinski definition) is 4. The molecular weight excluding hydrogens is 286 g/mol. The van der Waals surface area contributed by atoms with Gasteiger partial charge in [0.05, 0.1) is 16.3 Å². The van der Waals surface area contributed by atoms with Crippen molar-refractivity contribution in [2.45, 2.75) is 32.3 Å². The number of pyridine rings is 2. The predicted molar refractivity (Wildman–Crippen MR) is 79.2 cm³/mol. The summed E-state index contributed by atoms with van der Waals surface area (Å²) in [6.45, 7) is 0.313.